The summed E-state index contributed by atoms with van der Waals surface area (Å²) in [7, 11) is 3.20. The van der Waals surface area contributed by atoms with Crippen LogP contribution in [0.1, 0.15) is 11.3 Å². The number of anilines is 1. The molecule has 0 fully saturated rings. The topological polar surface area (TPSA) is 60.5 Å². The van der Waals surface area contributed by atoms with Crippen LogP contribution in [0.25, 0.3) is 10.6 Å². The number of nitrogens with zero attached hydrogens (tertiary/aromatic N) is 1. The Morgan fingerprint density at radius 2 is 1.93 bits per heavy atom. The Morgan fingerprint density at radius 3 is 2.67 bits per heavy atom. The number of ether oxygens (including phenoxy) is 2. The standard InChI is InChI=1S/C20H19BrN2O3S/c1-12-4-6-14(21)9-16(12)23-19(24)10-15-11-27-20(22-15)13-5-7-17(25-2)18(8-13)26-3/h4-9,11H,10H2,1-3H3,(H,23,24). The molecule has 140 valence electrons. The molecule has 5 nitrogen and oxygen atoms in total. The number of aryl methyl sites for hydroxylation is 1. The lowest BCUT2D eigenvalue weighted by molar-refractivity contribution is -0.115. The quantitative estimate of drug-likeness (QED) is 0.573. The molecule has 0 spiro atoms. The minimum absolute atomic E-state index is 0.0969. The number of carbonyl (C=O) groups excluding carboxylic acids is 1. The molecule has 1 aromatic heterocycles. The fourth-order valence-electron chi connectivity index (χ4n) is 2.58. The van der Waals surface area contributed by atoms with Crippen LogP contribution in [-0.2, 0) is 11.2 Å². The van der Waals surface area contributed by atoms with Gasteiger partial charge in [-0.25, -0.2) is 4.98 Å². The van der Waals surface area contributed by atoms with Crippen LogP contribution in [0, 0.1) is 6.92 Å². The van der Waals surface area contributed by atoms with Crippen LogP contribution >= 0.6 is 27.3 Å². The van der Waals surface area contributed by atoms with Gasteiger partial charge < -0.3 is 14.8 Å². The van der Waals surface area contributed by atoms with Gasteiger partial charge in [0.2, 0.25) is 5.91 Å². The Kier molecular flexibility index (Phi) is 6.13. The summed E-state index contributed by atoms with van der Waals surface area (Å²) in [5, 5.41) is 5.67. The average molecular weight is 447 g/mol. The maximum atomic E-state index is 12.4. The van der Waals surface area contributed by atoms with E-state index in [1.165, 1.54) is 11.3 Å². The molecule has 27 heavy (non-hydrogen) atoms. The molecule has 1 amide bonds. The fraction of sp³-hybridized carbons (Fsp3) is 0.200. The average Bonchev–Trinajstić information content (AvgIpc) is 3.12. The van der Waals surface area contributed by atoms with E-state index in [1.54, 1.807) is 14.2 Å². The van der Waals surface area contributed by atoms with Crippen LogP contribution in [0.15, 0.2) is 46.3 Å². The van der Waals surface area contributed by atoms with Crippen molar-refractivity contribution in [1.29, 1.82) is 0 Å². The predicted molar refractivity (Wildman–Crippen MR) is 112 cm³/mol. The Bertz CT molecular complexity index is 972. The van der Waals surface area contributed by atoms with Gasteiger partial charge in [0, 0.05) is 21.1 Å². The van der Waals surface area contributed by atoms with E-state index in [4.69, 9.17) is 9.47 Å². The molecule has 0 atom stereocenters. The van der Waals surface area contributed by atoms with Crippen LogP contribution in [0.2, 0.25) is 0 Å². The third-order valence-electron chi connectivity index (χ3n) is 4.00. The molecule has 0 saturated carbocycles. The summed E-state index contributed by atoms with van der Waals surface area (Å²) in [5.41, 5.74) is 3.46. The number of methoxy groups -OCH3 is 2. The zero-order chi connectivity index (χ0) is 19.4. The molecule has 2 aromatic carbocycles. The summed E-state index contributed by atoms with van der Waals surface area (Å²) in [6.45, 7) is 1.96. The van der Waals surface area contributed by atoms with Gasteiger partial charge in [0.15, 0.2) is 11.5 Å². The molecule has 1 N–H and O–H groups in total. The van der Waals surface area contributed by atoms with Gasteiger partial charge in [0.1, 0.15) is 5.01 Å². The summed E-state index contributed by atoms with van der Waals surface area (Å²) >= 11 is 4.92. The largest absolute Gasteiger partial charge is 0.493 e. The van der Waals surface area contributed by atoms with Gasteiger partial charge in [-0.05, 0) is 42.8 Å². The Morgan fingerprint density at radius 1 is 1.15 bits per heavy atom. The van der Waals surface area contributed by atoms with Crippen LogP contribution in [0.4, 0.5) is 5.69 Å². The van der Waals surface area contributed by atoms with Gasteiger partial charge in [-0.1, -0.05) is 22.0 Å². The maximum Gasteiger partial charge on any atom is 0.230 e. The highest BCUT2D eigenvalue weighted by Crippen LogP contribution is 2.33. The van der Waals surface area contributed by atoms with Crippen LogP contribution in [-0.4, -0.2) is 25.1 Å². The molecule has 0 bridgehead atoms. The minimum atomic E-state index is -0.0969. The maximum absolute atomic E-state index is 12.4. The zero-order valence-corrected chi connectivity index (χ0v) is 17.6. The van der Waals surface area contributed by atoms with Gasteiger partial charge in [-0.15, -0.1) is 11.3 Å². The highest BCUT2D eigenvalue weighted by Gasteiger charge is 2.12. The second-order valence-corrected chi connectivity index (χ2v) is 7.67. The molecule has 3 aromatic rings. The smallest absolute Gasteiger partial charge is 0.230 e. The van der Waals surface area contributed by atoms with Gasteiger partial charge >= 0.3 is 0 Å². The molecule has 1 heterocycles. The Labute approximate surface area is 170 Å². The first-order valence-corrected chi connectivity index (χ1v) is 9.90. The summed E-state index contributed by atoms with van der Waals surface area (Å²) < 4.78 is 11.5. The molecule has 0 aliphatic carbocycles. The van der Waals surface area contributed by atoms with Crippen molar-refractivity contribution in [2.24, 2.45) is 0 Å². The number of halogens is 1. The number of rotatable bonds is 6. The monoisotopic (exact) mass is 446 g/mol. The van der Waals surface area contributed by atoms with E-state index in [0.29, 0.717) is 11.5 Å². The van der Waals surface area contributed by atoms with Crippen LogP contribution in [0.3, 0.4) is 0 Å². The van der Waals surface area contributed by atoms with Crippen LogP contribution < -0.4 is 14.8 Å². The number of hydrogen-bond acceptors (Lipinski definition) is 5. The lowest BCUT2D eigenvalue weighted by Crippen LogP contribution is -2.15. The van der Waals surface area contributed by atoms with Crippen molar-refractivity contribution in [3.05, 3.63) is 57.5 Å². The molecule has 0 radical (unpaired) electrons. The van der Waals surface area contributed by atoms with E-state index in [0.717, 1.165) is 32.0 Å². The van der Waals surface area contributed by atoms with Crippen molar-refractivity contribution in [3.63, 3.8) is 0 Å². The third-order valence-corrected chi connectivity index (χ3v) is 5.43. The normalized spacial score (nSPS) is 10.5. The first kappa shape index (κ1) is 19.4. The lowest BCUT2D eigenvalue weighted by atomic mass is 10.2. The highest BCUT2D eigenvalue weighted by molar-refractivity contribution is 9.10. The van der Waals surface area contributed by atoms with Gasteiger partial charge in [-0.3, -0.25) is 4.79 Å². The highest BCUT2D eigenvalue weighted by atomic mass is 79.9. The van der Waals surface area contributed by atoms with Crippen LogP contribution in [0.5, 0.6) is 11.5 Å². The number of thiazole rings is 1. The number of carbonyl (C=O) groups is 1. The predicted octanol–water partition coefficient (Wildman–Crippen LogP) is 5.08. The van der Waals surface area contributed by atoms with E-state index in [9.17, 15) is 4.79 Å². The number of aromatic nitrogens is 1. The second-order valence-electron chi connectivity index (χ2n) is 5.90. The molecule has 0 saturated heterocycles. The molecular weight excluding hydrogens is 428 g/mol. The van der Waals surface area contributed by atoms with Crippen molar-refractivity contribution in [1.82, 2.24) is 4.98 Å². The summed E-state index contributed by atoms with van der Waals surface area (Å²) in [4.78, 5) is 17.0. The first-order valence-electron chi connectivity index (χ1n) is 8.23. The SMILES string of the molecule is COc1ccc(-c2nc(CC(=O)Nc3cc(Br)ccc3C)cs2)cc1OC. The van der Waals surface area contributed by atoms with E-state index in [2.05, 4.69) is 26.2 Å². The summed E-state index contributed by atoms with van der Waals surface area (Å²) in [6.07, 6.45) is 0.218. The number of benzene rings is 2. The van der Waals surface area contributed by atoms with Crippen molar-refractivity contribution >= 4 is 38.9 Å². The fourth-order valence-corrected chi connectivity index (χ4v) is 3.76. The number of amides is 1. The van der Waals surface area contributed by atoms with E-state index >= 15 is 0 Å². The Balaban J connectivity index is 1.72. The van der Waals surface area contributed by atoms with Crippen molar-refractivity contribution < 1.29 is 14.3 Å². The third kappa shape index (κ3) is 4.67. The van der Waals surface area contributed by atoms with E-state index in [-0.39, 0.29) is 12.3 Å². The minimum Gasteiger partial charge on any atom is -0.493 e. The zero-order valence-electron chi connectivity index (χ0n) is 15.2. The molecule has 7 heteroatoms. The van der Waals surface area contributed by atoms with Gasteiger partial charge in [-0.2, -0.15) is 0 Å². The molecule has 3 rings (SSSR count). The van der Waals surface area contributed by atoms with Crippen molar-refractivity contribution in [2.75, 3.05) is 19.5 Å². The molecular formula is C20H19BrN2O3S. The molecule has 0 aliphatic rings. The summed E-state index contributed by atoms with van der Waals surface area (Å²) in [5.74, 6) is 1.22. The Hall–Kier alpha value is -2.38. The molecule has 0 unspecified atom stereocenters. The number of nitrogens with one attached hydrogen (secondary N) is 1. The first-order chi connectivity index (χ1) is 13.0. The summed E-state index contributed by atoms with van der Waals surface area (Å²) in [6, 6.07) is 11.4. The number of hydrogen-bond donors (Lipinski definition) is 1. The van der Waals surface area contributed by atoms with Crippen molar-refractivity contribution in [3.8, 4) is 22.1 Å². The molecule has 0 aliphatic heterocycles. The van der Waals surface area contributed by atoms with Gasteiger partial charge in [0.25, 0.3) is 0 Å². The lowest BCUT2D eigenvalue weighted by Gasteiger charge is -2.08. The van der Waals surface area contributed by atoms with Crippen molar-refractivity contribution in [2.45, 2.75) is 13.3 Å². The van der Waals surface area contributed by atoms with E-state index < -0.39 is 0 Å². The van der Waals surface area contributed by atoms with Gasteiger partial charge in [0.05, 0.1) is 26.3 Å². The second kappa shape index (κ2) is 8.54. The van der Waals surface area contributed by atoms with E-state index in [1.807, 2.05) is 48.7 Å².